The van der Waals surface area contributed by atoms with Gasteiger partial charge in [0, 0.05) is 13.2 Å². The van der Waals surface area contributed by atoms with Gasteiger partial charge in [0.05, 0.1) is 18.2 Å². The molecule has 2 aromatic heterocycles. The zero-order chi connectivity index (χ0) is 16.4. The number of nitrogens with zero attached hydrogens (tertiary/aromatic N) is 4. The summed E-state index contributed by atoms with van der Waals surface area (Å²) in [5, 5.41) is 7.83. The fourth-order valence-electron chi connectivity index (χ4n) is 2.01. The molecule has 0 aliphatic heterocycles. The highest BCUT2D eigenvalue weighted by molar-refractivity contribution is 5.51. The summed E-state index contributed by atoms with van der Waals surface area (Å²) >= 11 is 0. The smallest absolute Gasteiger partial charge is 0.406 e. The zero-order valence-corrected chi connectivity index (χ0v) is 11.9. The summed E-state index contributed by atoms with van der Waals surface area (Å²) < 4.78 is 47.3. The van der Waals surface area contributed by atoms with Crippen LogP contribution < -0.4 is 4.74 Å². The number of alkyl halides is 3. The maximum atomic E-state index is 12.2. The van der Waals surface area contributed by atoms with E-state index in [0.29, 0.717) is 17.0 Å². The Hall–Kier alpha value is -2.84. The molecular weight excluding hydrogens is 313 g/mol. The number of halogens is 3. The van der Waals surface area contributed by atoms with Gasteiger partial charge in [0.15, 0.2) is 0 Å². The second-order valence-corrected chi connectivity index (χ2v) is 4.79. The summed E-state index contributed by atoms with van der Waals surface area (Å²) in [7, 11) is 1.76. The molecule has 0 bridgehead atoms. The topological polar surface area (TPSA) is 66.0 Å². The van der Waals surface area contributed by atoms with Crippen LogP contribution in [-0.4, -0.2) is 26.3 Å². The third kappa shape index (κ3) is 3.87. The van der Waals surface area contributed by atoms with E-state index in [1.807, 2.05) is 0 Å². The van der Waals surface area contributed by atoms with E-state index in [-0.39, 0.29) is 18.1 Å². The Morgan fingerprint density at radius 2 is 2.13 bits per heavy atom. The first kappa shape index (κ1) is 15.1. The van der Waals surface area contributed by atoms with Crippen LogP contribution in [0.3, 0.4) is 0 Å². The fraction of sp³-hybridized carbons (Fsp3) is 0.214. The number of hydrogen-bond acceptors (Lipinski definition) is 5. The average molecular weight is 324 g/mol. The molecule has 0 aliphatic carbocycles. The van der Waals surface area contributed by atoms with Crippen molar-refractivity contribution < 1.29 is 22.4 Å². The third-order valence-corrected chi connectivity index (χ3v) is 2.92. The van der Waals surface area contributed by atoms with Gasteiger partial charge in [-0.1, -0.05) is 17.3 Å². The van der Waals surface area contributed by atoms with Crippen LogP contribution in [-0.2, 0) is 13.5 Å². The lowest BCUT2D eigenvalue weighted by molar-refractivity contribution is -0.274. The van der Waals surface area contributed by atoms with Gasteiger partial charge in [0.25, 0.3) is 0 Å². The normalized spacial score (nSPS) is 11.7. The summed E-state index contributed by atoms with van der Waals surface area (Å²) in [5.41, 5.74) is 1.25. The predicted octanol–water partition coefficient (Wildman–Crippen LogP) is 2.96. The van der Waals surface area contributed by atoms with E-state index in [4.69, 9.17) is 4.52 Å². The molecule has 0 atom stereocenters. The molecule has 0 N–H and O–H groups in total. The van der Waals surface area contributed by atoms with Gasteiger partial charge in [0.2, 0.25) is 11.7 Å². The van der Waals surface area contributed by atoms with Crippen molar-refractivity contribution in [1.82, 2.24) is 19.9 Å². The standard InChI is InChI=1S/C14H11F3N4O2/c1-21-8-10(7-18-21)13-19-12(23-20-13)6-9-3-2-4-11(5-9)22-14(15,16)17/h2-5,7-8H,6H2,1H3. The largest absolute Gasteiger partial charge is 0.573 e. The Balaban J connectivity index is 1.75. The van der Waals surface area contributed by atoms with Crippen LogP contribution in [0.25, 0.3) is 11.4 Å². The first-order valence-electron chi connectivity index (χ1n) is 6.55. The van der Waals surface area contributed by atoms with Crippen molar-refractivity contribution >= 4 is 0 Å². The van der Waals surface area contributed by atoms with Crippen LogP contribution >= 0.6 is 0 Å². The second kappa shape index (κ2) is 5.75. The molecule has 2 heterocycles. The van der Waals surface area contributed by atoms with Gasteiger partial charge in [-0.25, -0.2) is 0 Å². The minimum Gasteiger partial charge on any atom is -0.406 e. The van der Waals surface area contributed by atoms with E-state index >= 15 is 0 Å². The van der Waals surface area contributed by atoms with Crippen molar-refractivity contribution in [3.63, 3.8) is 0 Å². The summed E-state index contributed by atoms with van der Waals surface area (Å²) in [6.07, 6.45) is -1.21. The zero-order valence-electron chi connectivity index (χ0n) is 11.9. The number of benzene rings is 1. The lowest BCUT2D eigenvalue weighted by Crippen LogP contribution is -2.17. The number of rotatable bonds is 4. The molecule has 23 heavy (non-hydrogen) atoms. The number of aromatic nitrogens is 4. The molecule has 0 saturated heterocycles. The number of hydrogen-bond donors (Lipinski definition) is 0. The Bertz CT molecular complexity index is 810. The van der Waals surface area contributed by atoms with Crippen LogP contribution in [0.2, 0.25) is 0 Å². The predicted molar refractivity (Wildman–Crippen MR) is 72.4 cm³/mol. The number of aryl methyl sites for hydroxylation is 1. The van der Waals surface area contributed by atoms with Crippen molar-refractivity contribution in [3.05, 3.63) is 48.1 Å². The molecule has 0 fully saturated rings. The van der Waals surface area contributed by atoms with E-state index in [1.54, 1.807) is 30.2 Å². The molecule has 0 saturated carbocycles. The Labute approximate surface area is 128 Å². The first-order valence-corrected chi connectivity index (χ1v) is 6.55. The summed E-state index contributed by atoms with van der Waals surface area (Å²) in [6, 6.07) is 5.62. The van der Waals surface area contributed by atoms with Crippen molar-refractivity contribution in [1.29, 1.82) is 0 Å². The Kier molecular flexibility index (Phi) is 3.77. The van der Waals surface area contributed by atoms with Gasteiger partial charge >= 0.3 is 6.36 Å². The lowest BCUT2D eigenvalue weighted by atomic mass is 10.1. The average Bonchev–Trinajstić information content (AvgIpc) is 3.06. The highest BCUT2D eigenvalue weighted by Crippen LogP contribution is 2.24. The van der Waals surface area contributed by atoms with Gasteiger partial charge in [-0.3, -0.25) is 4.68 Å². The molecule has 120 valence electrons. The van der Waals surface area contributed by atoms with E-state index in [2.05, 4.69) is 20.0 Å². The molecule has 0 unspecified atom stereocenters. The Morgan fingerprint density at radius 3 is 2.83 bits per heavy atom. The SMILES string of the molecule is Cn1cc(-c2noc(Cc3cccc(OC(F)(F)F)c3)n2)cn1. The van der Waals surface area contributed by atoms with Crippen molar-refractivity contribution in [3.8, 4) is 17.1 Å². The highest BCUT2D eigenvalue weighted by atomic mass is 19.4. The molecular formula is C14H11F3N4O2. The van der Waals surface area contributed by atoms with E-state index in [9.17, 15) is 13.2 Å². The summed E-state index contributed by atoms with van der Waals surface area (Å²) in [6.45, 7) is 0. The van der Waals surface area contributed by atoms with Crippen LogP contribution in [0.1, 0.15) is 11.5 Å². The van der Waals surface area contributed by atoms with Crippen LogP contribution in [0.15, 0.2) is 41.2 Å². The van der Waals surface area contributed by atoms with Gasteiger partial charge in [-0.2, -0.15) is 10.1 Å². The molecule has 1 aromatic carbocycles. The second-order valence-electron chi connectivity index (χ2n) is 4.79. The molecule has 0 radical (unpaired) electrons. The monoisotopic (exact) mass is 324 g/mol. The summed E-state index contributed by atoms with van der Waals surface area (Å²) in [5.74, 6) is 0.366. The van der Waals surface area contributed by atoms with Crippen LogP contribution in [0.5, 0.6) is 5.75 Å². The van der Waals surface area contributed by atoms with Crippen LogP contribution in [0.4, 0.5) is 13.2 Å². The molecule has 0 amide bonds. The van der Waals surface area contributed by atoms with Gasteiger partial charge in [-0.05, 0) is 17.7 Å². The molecule has 0 spiro atoms. The molecule has 3 aromatic rings. The third-order valence-electron chi connectivity index (χ3n) is 2.92. The minimum atomic E-state index is -4.73. The van der Waals surface area contributed by atoms with Crippen molar-refractivity contribution in [2.75, 3.05) is 0 Å². The van der Waals surface area contributed by atoms with E-state index < -0.39 is 6.36 Å². The lowest BCUT2D eigenvalue weighted by Gasteiger charge is -2.09. The quantitative estimate of drug-likeness (QED) is 0.738. The van der Waals surface area contributed by atoms with Gasteiger partial charge < -0.3 is 9.26 Å². The highest BCUT2D eigenvalue weighted by Gasteiger charge is 2.31. The van der Waals surface area contributed by atoms with Gasteiger partial charge in [-0.15, -0.1) is 13.2 Å². The fourth-order valence-corrected chi connectivity index (χ4v) is 2.01. The Morgan fingerprint density at radius 1 is 1.30 bits per heavy atom. The number of ether oxygens (including phenoxy) is 1. The minimum absolute atomic E-state index is 0.197. The van der Waals surface area contributed by atoms with Crippen LogP contribution in [0, 0.1) is 0 Å². The maximum Gasteiger partial charge on any atom is 0.573 e. The maximum absolute atomic E-state index is 12.2. The van der Waals surface area contributed by atoms with E-state index in [0.717, 1.165) is 0 Å². The van der Waals surface area contributed by atoms with Crippen molar-refractivity contribution in [2.24, 2.45) is 7.05 Å². The molecule has 0 aliphatic rings. The molecule has 3 rings (SSSR count). The summed E-state index contributed by atoms with van der Waals surface area (Å²) in [4.78, 5) is 4.20. The molecule has 9 heteroatoms. The van der Waals surface area contributed by atoms with Crippen molar-refractivity contribution in [2.45, 2.75) is 12.8 Å². The van der Waals surface area contributed by atoms with Gasteiger partial charge in [0.1, 0.15) is 5.75 Å². The first-order chi connectivity index (χ1) is 10.9. The molecule has 6 nitrogen and oxygen atoms in total. The van der Waals surface area contributed by atoms with E-state index in [1.165, 1.54) is 18.2 Å².